The van der Waals surface area contributed by atoms with Crippen molar-refractivity contribution in [3.8, 4) is 0 Å². The summed E-state index contributed by atoms with van der Waals surface area (Å²) in [7, 11) is 0. The third kappa shape index (κ3) is 2.24. The molecule has 1 aromatic rings. The predicted octanol–water partition coefficient (Wildman–Crippen LogP) is 1.04. The van der Waals surface area contributed by atoms with Crippen LogP contribution in [0.15, 0.2) is 18.2 Å². The Morgan fingerprint density at radius 3 is 2.56 bits per heavy atom. The molecule has 4 N–H and O–H groups in total. The first-order chi connectivity index (χ1) is 7.68. The van der Waals surface area contributed by atoms with E-state index in [1.54, 1.807) is 18.2 Å². The van der Waals surface area contributed by atoms with Crippen LogP contribution in [0.2, 0.25) is 0 Å². The van der Waals surface area contributed by atoms with Crippen molar-refractivity contribution in [1.82, 2.24) is 4.90 Å². The summed E-state index contributed by atoms with van der Waals surface area (Å²) in [5, 5.41) is 0. The Morgan fingerprint density at radius 1 is 1.25 bits per heavy atom. The second kappa shape index (κ2) is 4.65. The molecule has 1 aliphatic heterocycles. The van der Waals surface area contributed by atoms with Gasteiger partial charge in [-0.1, -0.05) is 0 Å². The molecular weight excluding hydrogens is 222 g/mol. The molecule has 1 fully saturated rings. The van der Waals surface area contributed by atoms with Crippen molar-refractivity contribution in [1.29, 1.82) is 0 Å². The smallest absolute Gasteiger partial charge is 0.256 e. The lowest BCUT2D eigenvalue weighted by atomic mass is 10.1. The van der Waals surface area contributed by atoms with Crippen molar-refractivity contribution in [3.05, 3.63) is 23.8 Å². The molecular formula is C11H15N3OS. The van der Waals surface area contributed by atoms with E-state index in [9.17, 15) is 4.79 Å². The minimum atomic E-state index is 0.0119. The van der Waals surface area contributed by atoms with E-state index in [1.165, 1.54) is 0 Å². The zero-order chi connectivity index (χ0) is 11.5. The molecule has 1 amide bonds. The molecule has 1 aliphatic rings. The number of hydrogen-bond donors (Lipinski definition) is 2. The highest BCUT2D eigenvalue weighted by Gasteiger charge is 2.19. The highest BCUT2D eigenvalue weighted by Crippen LogP contribution is 2.19. The number of carbonyl (C=O) groups is 1. The number of nitrogens with zero attached hydrogens (tertiary/aromatic N) is 1. The first kappa shape index (κ1) is 11.1. The van der Waals surface area contributed by atoms with Crippen molar-refractivity contribution < 1.29 is 4.79 Å². The fourth-order valence-corrected chi connectivity index (χ4v) is 2.62. The molecule has 0 radical (unpaired) electrons. The quantitative estimate of drug-likeness (QED) is 0.716. The maximum Gasteiger partial charge on any atom is 0.256 e. The largest absolute Gasteiger partial charge is 0.399 e. The second-order valence-electron chi connectivity index (χ2n) is 3.75. The van der Waals surface area contributed by atoms with Crippen LogP contribution in [0.25, 0.3) is 0 Å². The third-order valence-electron chi connectivity index (χ3n) is 2.60. The molecule has 1 heterocycles. The van der Waals surface area contributed by atoms with Gasteiger partial charge in [0.15, 0.2) is 0 Å². The standard InChI is InChI=1S/C11H15N3OS/c12-8-1-2-9(10(13)7-8)11(15)14-3-5-16-6-4-14/h1-2,7H,3-6,12-13H2. The van der Waals surface area contributed by atoms with E-state index in [4.69, 9.17) is 11.5 Å². The van der Waals surface area contributed by atoms with Crippen LogP contribution >= 0.6 is 11.8 Å². The Morgan fingerprint density at radius 2 is 1.94 bits per heavy atom. The lowest BCUT2D eigenvalue weighted by Crippen LogP contribution is -2.38. The Balaban J connectivity index is 2.19. The fraction of sp³-hybridized carbons (Fsp3) is 0.364. The number of amides is 1. The van der Waals surface area contributed by atoms with Crippen LogP contribution in [0.4, 0.5) is 11.4 Å². The molecule has 86 valence electrons. The minimum absolute atomic E-state index is 0.0119. The van der Waals surface area contributed by atoms with Crippen LogP contribution in [0.1, 0.15) is 10.4 Å². The second-order valence-corrected chi connectivity index (χ2v) is 4.98. The van der Waals surface area contributed by atoms with Crippen LogP contribution in [0.3, 0.4) is 0 Å². The first-order valence-corrected chi connectivity index (χ1v) is 6.36. The summed E-state index contributed by atoms with van der Waals surface area (Å²) in [4.78, 5) is 14.0. The average Bonchev–Trinajstić information content (AvgIpc) is 2.29. The highest BCUT2D eigenvalue weighted by atomic mass is 32.2. The van der Waals surface area contributed by atoms with Gasteiger partial charge in [-0.05, 0) is 18.2 Å². The van der Waals surface area contributed by atoms with Gasteiger partial charge in [0.05, 0.1) is 5.56 Å². The van der Waals surface area contributed by atoms with Crippen LogP contribution in [0.5, 0.6) is 0 Å². The SMILES string of the molecule is Nc1ccc(C(=O)N2CCSCC2)c(N)c1. The number of rotatable bonds is 1. The van der Waals surface area contributed by atoms with E-state index in [-0.39, 0.29) is 5.91 Å². The van der Waals surface area contributed by atoms with Crippen molar-refractivity contribution in [2.24, 2.45) is 0 Å². The molecule has 0 spiro atoms. The topological polar surface area (TPSA) is 72.4 Å². The van der Waals surface area contributed by atoms with Gasteiger partial charge in [0.2, 0.25) is 0 Å². The monoisotopic (exact) mass is 237 g/mol. The third-order valence-corrected chi connectivity index (χ3v) is 3.55. The molecule has 1 saturated heterocycles. The normalized spacial score (nSPS) is 16.1. The van der Waals surface area contributed by atoms with E-state index in [0.29, 0.717) is 16.9 Å². The summed E-state index contributed by atoms with van der Waals surface area (Å²) in [5.41, 5.74) is 13.0. The zero-order valence-electron chi connectivity index (χ0n) is 8.98. The van der Waals surface area contributed by atoms with Crippen LogP contribution in [-0.4, -0.2) is 35.4 Å². The number of nitrogens with two attached hydrogens (primary N) is 2. The molecule has 0 bridgehead atoms. The number of anilines is 2. The van der Waals surface area contributed by atoms with Gasteiger partial charge < -0.3 is 16.4 Å². The molecule has 0 aliphatic carbocycles. The maximum atomic E-state index is 12.1. The fourth-order valence-electron chi connectivity index (χ4n) is 1.71. The summed E-state index contributed by atoms with van der Waals surface area (Å²) in [6.45, 7) is 1.60. The highest BCUT2D eigenvalue weighted by molar-refractivity contribution is 7.99. The van der Waals surface area contributed by atoms with Crippen LogP contribution < -0.4 is 11.5 Å². The van der Waals surface area contributed by atoms with E-state index in [2.05, 4.69) is 0 Å². The average molecular weight is 237 g/mol. The zero-order valence-corrected chi connectivity index (χ0v) is 9.80. The van der Waals surface area contributed by atoms with Gasteiger partial charge in [0.1, 0.15) is 0 Å². The van der Waals surface area contributed by atoms with E-state index in [1.807, 2.05) is 16.7 Å². The Bertz CT molecular complexity index is 402. The molecule has 0 atom stereocenters. The van der Waals surface area contributed by atoms with Gasteiger partial charge >= 0.3 is 0 Å². The van der Waals surface area contributed by atoms with Crippen molar-refractivity contribution in [3.63, 3.8) is 0 Å². The molecule has 0 saturated carbocycles. The van der Waals surface area contributed by atoms with Gasteiger partial charge in [-0.15, -0.1) is 0 Å². The van der Waals surface area contributed by atoms with Gasteiger partial charge in [0, 0.05) is 36.0 Å². The van der Waals surface area contributed by atoms with E-state index < -0.39 is 0 Å². The molecule has 5 heteroatoms. The van der Waals surface area contributed by atoms with Crippen LogP contribution in [-0.2, 0) is 0 Å². The molecule has 0 aromatic heterocycles. The van der Waals surface area contributed by atoms with Gasteiger partial charge in [-0.2, -0.15) is 11.8 Å². The minimum Gasteiger partial charge on any atom is -0.399 e. The molecule has 2 rings (SSSR count). The molecule has 0 unspecified atom stereocenters. The number of hydrogen-bond acceptors (Lipinski definition) is 4. The van der Waals surface area contributed by atoms with E-state index in [0.717, 1.165) is 24.6 Å². The lowest BCUT2D eigenvalue weighted by molar-refractivity contribution is 0.0773. The number of nitrogen functional groups attached to an aromatic ring is 2. The van der Waals surface area contributed by atoms with Crippen molar-refractivity contribution >= 4 is 29.0 Å². The van der Waals surface area contributed by atoms with Crippen molar-refractivity contribution in [2.75, 3.05) is 36.1 Å². The molecule has 1 aromatic carbocycles. The number of carbonyl (C=O) groups excluding carboxylic acids is 1. The van der Waals surface area contributed by atoms with Crippen LogP contribution in [0, 0.1) is 0 Å². The summed E-state index contributed by atoms with van der Waals surface area (Å²) >= 11 is 1.87. The predicted molar refractivity (Wildman–Crippen MR) is 68.5 cm³/mol. The van der Waals surface area contributed by atoms with Gasteiger partial charge in [-0.3, -0.25) is 4.79 Å². The number of benzene rings is 1. The first-order valence-electron chi connectivity index (χ1n) is 5.20. The molecule has 16 heavy (non-hydrogen) atoms. The molecule has 4 nitrogen and oxygen atoms in total. The summed E-state index contributed by atoms with van der Waals surface area (Å²) in [6.07, 6.45) is 0. The van der Waals surface area contributed by atoms with Gasteiger partial charge in [-0.25, -0.2) is 0 Å². The van der Waals surface area contributed by atoms with Gasteiger partial charge in [0.25, 0.3) is 5.91 Å². The number of thioether (sulfide) groups is 1. The summed E-state index contributed by atoms with van der Waals surface area (Å²) in [5.74, 6) is 2.01. The van der Waals surface area contributed by atoms with E-state index >= 15 is 0 Å². The van der Waals surface area contributed by atoms with Crippen molar-refractivity contribution in [2.45, 2.75) is 0 Å². The Hall–Kier alpha value is -1.36. The summed E-state index contributed by atoms with van der Waals surface area (Å²) < 4.78 is 0. The Kier molecular flexibility index (Phi) is 3.24. The Labute approximate surface area is 99.0 Å². The maximum absolute atomic E-state index is 12.1. The lowest BCUT2D eigenvalue weighted by Gasteiger charge is -2.26. The summed E-state index contributed by atoms with van der Waals surface area (Å²) in [6, 6.07) is 5.04.